The Morgan fingerprint density at radius 1 is 1.33 bits per heavy atom. The maximum atomic E-state index is 9.71. The first kappa shape index (κ1) is 12.5. The van der Waals surface area contributed by atoms with Crippen LogP contribution >= 0.6 is 0 Å². The lowest BCUT2D eigenvalue weighted by molar-refractivity contribution is 0.105. The molecule has 0 heterocycles. The molecule has 1 N–H and O–H groups in total. The summed E-state index contributed by atoms with van der Waals surface area (Å²) in [6, 6.07) is 0. The molecule has 0 aromatic rings. The Bertz CT molecular complexity index is 254. The quantitative estimate of drug-likeness (QED) is 0.700. The molecule has 0 aromatic carbocycles. The highest BCUT2D eigenvalue weighted by molar-refractivity contribution is 5.07. The van der Waals surface area contributed by atoms with E-state index < -0.39 is 0 Å². The summed E-state index contributed by atoms with van der Waals surface area (Å²) in [5.74, 6) is 0.486. The third kappa shape index (κ3) is 2.34. The van der Waals surface area contributed by atoms with E-state index in [1.807, 2.05) is 0 Å². The van der Waals surface area contributed by atoms with Gasteiger partial charge in [-0.3, -0.25) is 0 Å². The summed E-state index contributed by atoms with van der Waals surface area (Å²) >= 11 is 0. The molecule has 1 fully saturated rings. The highest BCUT2D eigenvalue weighted by Crippen LogP contribution is 2.56. The van der Waals surface area contributed by atoms with E-state index >= 15 is 0 Å². The van der Waals surface area contributed by atoms with Crippen LogP contribution in [0.4, 0.5) is 0 Å². The Morgan fingerprint density at radius 3 is 2.40 bits per heavy atom. The van der Waals surface area contributed by atoms with Crippen LogP contribution in [0.2, 0.25) is 0 Å². The topological polar surface area (TPSA) is 20.2 Å². The first-order valence-electron chi connectivity index (χ1n) is 5.79. The van der Waals surface area contributed by atoms with Crippen LogP contribution in [0.1, 0.15) is 40.0 Å². The lowest BCUT2D eigenvalue weighted by Gasteiger charge is -2.36. The van der Waals surface area contributed by atoms with Crippen molar-refractivity contribution in [3.8, 4) is 0 Å². The van der Waals surface area contributed by atoms with Crippen molar-refractivity contribution in [3.63, 3.8) is 0 Å². The molecule has 0 aromatic heterocycles. The minimum atomic E-state index is -0.383. The van der Waals surface area contributed by atoms with E-state index in [2.05, 4.69) is 40.0 Å². The second-order valence-electron chi connectivity index (χ2n) is 5.86. The average molecular weight is 208 g/mol. The van der Waals surface area contributed by atoms with Crippen LogP contribution in [0.3, 0.4) is 0 Å². The maximum Gasteiger partial charge on any atom is 0.0723 e. The van der Waals surface area contributed by atoms with Crippen LogP contribution in [0.15, 0.2) is 25.3 Å². The minimum absolute atomic E-state index is 0.179. The zero-order valence-electron chi connectivity index (χ0n) is 10.3. The highest BCUT2D eigenvalue weighted by Gasteiger charge is 2.48. The van der Waals surface area contributed by atoms with Gasteiger partial charge in [0.05, 0.1) is 6.10 Å². The lowest BCUT2D eigenvalue weighted by Crippen LogP contribution is -2.31. The van der Waals surface area contributed by atoms with Crippen molar-refractivity contribution in [3.05, 3.63) is 25.3 Å². The van der Waals surface area contributed by atoms with Gasteiger partial charge in [0.2, 0.25) is 0 Å². The zero-order valence-corrected chi connectivity index (χ0v) is 10.3. The third-order valence-electron chi connectivity index (χ3n) is 4.12. The Morgan fingerprint density at radius 2 is 1.93 bits per heavy atom. The summed E-state index contributed by atoms with van der Waals surface area (Å²) in [4.78, 5) is 0. The second-order valence-corrected chi connectivity index (χ2v) is 5.86. The van der Waals surface area contributed by atoms with E-state index in [1.54, 1.807) is 6.08 Å². The standard InChI is InChI=1S/C14H24O/c1-6-11(15)10-14(5)9-8-13(3,4)12(14)7-2/h6-7,11-12,15H,1-2,8-10H2,3-5H3/t11?,12-,14-/m0/s1. The number of rotatable bonds is 4. The largest absolute Gasteiger partial charge is 0.389 e. The van der Waals surface area contributed by atoms with Gasteiger partial charge in [0.15, 0.2) is 0 Å². The van der Waals surface area contributed by atoms with Gasteiger partial charge in [0.1, 0.15) is 0 Å². The van der Waals surface area contributed by atoms with Gasteiger partial charge >= 0.3 is 0 Å². The summed E-state index contributed by atoms with van der Waals surface area (Å²) in [6.07, 6.45) is 6.51. The molecule has 1 nitrogen and oxygen atoms in total. The molecule has 3 atom stereocenters. The van der Waals surface area contributed by atoms with E-state index in [0.717, 1.165) is 6.42 Å². The van der Waals surface area contributed by atoms with Crippen LogP contribution in [0, 0.1) is 16.7 Å². The first-order valence-corrected chi connectivity index (χ1v) is 5.79. The molecule has 0 aliphatic heterocycles. The minimum Gasteiger partial charge on any atom is -0.389 e. The molecule has 0 saturated heterocycles. The summed E-state index contributed by atoms with van der Waals surface area (Å²) in [7, 11) is 0. The Balaban J connectivity index is 2.84. The van der Waals surface area contributed by atoms with E-state index in [1.165, 1.54) is 12.8 Å². The molecule has 15 heavy (non-hydrogen) atoms. The van der Waals surface area contributed by atoms with Crippen molar-refractivity contribution in [2.24, 2.45) is 16.7 Å². The van der Waals surface area contributed by atoms with Crippen LogP contribution in [-0.4, -0.2) is 11.2 Å². The fourth-order valence-electron chi connectivity index (χ4n) is 3.26. The summed E-state index contributed by atoms with van der Waals surface area (Å²) in [6.45, 7) is 14.5. The monoisotopic (exact) mass is 208 g/mol. The zero-order chi connectivity index (χ0) is 11.7. The van der Waals surface area contributed by atoms with Crippen molar-refractivity contribution in [2.75, 3.05) is 0 Å². The van der Waals surface area contributed by atoms with Gasteiger partial charge in [-0.1, -0.05) is 32.9 Å². The number of aliphatic hydroxyl groups is 1. The van der Waals surface area contributed by atoms with E-state index in [4.69, 9.17) is 0 Å². The van der Waals surface area contributed by atoms with E-state index in [-0.39, 0.29) is 11.5 Å². The van der Waals surface area contributed by atoms with Gasteiger partial charge in [0, 0.05) is 0 Å². The van der Waals surface area contributed by atoms with Gasteiger partial charge in [0.25, 0.3) is 0 Å². The number of hydrogen-bond acceptors (Lipinski definition) is 1. The first-order chi connectivity index (χ1) is 6.85. The van der Waals surface area contributed by atoms with Crippen molar-refractivity contribution in [1.29, 1.82) is 0 Å². The normalized spacial score (nSPS) is 36.1. The van der Waals surface area contributed by atoms with Gasteiger partial charge in [-0.25, -0.2) is 0 Å². The molecular formula is C14H24O. The van der Waals surface area contributed by atoms with Gasteiger partial charge in [-0.15, -0.1) is 13.2 Å². The highest BCUT2D eigenvalue weighted by atomic mass is 16.3. The van der Waals surface area contributed by atoms with Crippen LogP contribution in [-0.2, 0) is 0 Å². The Hall–Kier alpha value is -0.560. The smallest absolute Gasteiger partial charge is 0.0723 e. The Labute approximate surface area is 93.9 Å². The predicted molar refractivity (Wildman–Crippen MR) is 65.6 cm³/mol. The van der Waals surface area contributed by atoms with Crippen molar-refractivity contribution < 1.29 is 5.11 Å². The molecule has 0 bridgehead atoms. The number of allylic oxidation sites excluding steroid dienone is 1. The van der Waals surface area contributed by atoms with E-state index in [9.17, 15) is 5.11 Å². The van der Waals surface area contributed by atoms with Gasteiger partial charge in [-0.2, -0.15) is 0 Å². The van der Waals surface area contributed by atoms with E-state index in [0.29, 0.717) is 11.3 Å². The van der Waals surface area contributed by atoms with Gasteiger partial charge < -0.3 is 5.11 Å². The van der Waals surface area contributed by atoms with Crippen molar-refractivity contribution in [1.82, 2.24) is 0 Å². The molecule has 1 aliphatic carbocycles. The molecule has 1 unspecified atom stereocenters. The molecule has 0 radical (unpaired) electrons. The maximum absolute atomic E-state index is 9.71. The molecule has 0 amide bonds. The Kier molecular flexibility index (Phi) is 3.44. The van der Waals surface area contributed by atoms with Crippen molar-refractivity contribution in [2.45, 2.75) is 46.1 Å². The van der Waals surface area contributed by atoms with Crippen LogP contribution in [0.25, 0.3) is 0 Å². The molecule has 86 valence electrons. The van der Waals surface area contributed by atoms with Crippen molar-refractivity contribution >= 4 is 0 Å². The lowest BCUT2D eigenvalue weighted by atomic mass is 9.69. The SMILES string of the molecule is C=CC(O)C[C@]1(C)CCC(C)(C)[C@@H]1C=C. The fraction of sp³-hybridized carbons (Fsp3) is 0.714. The second kappa shape index (κ2) is 4.13. The number of hydrogen-bond donors (Lipinski definition) is 1. The molecule has 1 heteroatoms. The summed E-state index contributed by atoms with van der Waals surface area (Å²) in [5, 5.41) is 9.71. The molecule has 0 spiro atoms. The number of aliphatic hydroxyl groups excluding tert-OH is 1. The molecule has 1 aliphatic rings. The predicted octanol–water partition coefficient (Wildman–Crippen LogP) is 3.55. The average Bonchev–Trinajstić information content (AvgIpc) is 2.37. The molecular weight excluding hydrogens is 184 g/mol. The molecule has 1 rings (SSSR count). The van der Waals surface area contributed by atoms with Crippen LogP contribution in [0.5, 0.6) is 0 Å². The van der Waals surface area contributed by atoms with Crippen LogP contribution < -0.4 is 0 Å². The summed E-state index contributed by atoms with van der Waals surface area (Å²) in [5.41, 5.74) is 0.496. The molecule has 1 saturated carbocycles. The fourth-order valence-corrected chi connectivity index (χ4v) is 3.26. The summed E-state index contributed by atoms with van der Waals surface area (Å²) < 4.78 is 0. The van der Waals surface area contributed by atoms with Gasteiger partial charge in [-0.05, 0) is 36.0 Å². The third-order valence-corrected chi connectivity index (χ3v) is 4.12.